The quantitative estimate of drug-likeness (QED) is 0.701. The molecule has 0 unspecified atom stereocenters. The minimum atomic E-state index is -0.311. The van der Waals surface area contributed by atoms with Crippen molar-refractivity contribution in [2.45, 2.75) is 6.61 Å². The lowest BCUT2D eigenvalue weighted by Crippen LogP contribution is -2.18. The van der Waals surface area contributed by atoms with E-state index in [0.29, 0.717) is 32.0 Å². The zero-order valence-electron chi connectivity index (χ0n) is 13.6. The number of halogens is 2. The van der Waals surface area contributed by atoms with Crippen LogP contribution in [0.1, 0.15) is 11.1 Å². The third-order valence-electron chi connectivity index (χ3n) is 3.57. The zero-order chi connectivity index (χ0) is 18.7. The minimum Gasteiger partial charge on any atom is -0.493 e. The van der Waals surface area contributed by atoms with Gasteiger partial charge in [-0.25, -0.2) is 0 Å². The Labute approximate surface area is 164 Å². The van der Waals surface area contributed by atoms with Crippen molar-refractivity contribution in [1.29, 1.82) is 5.41 Å². The van der Waals surface area contributed by atoms with Gasteiger partial charge in [-0.2, -0.15) is 0 Å². The fraction of sp³-hybridized carbons (Fsp3) is 0.111. The van der Waals surface area contributed by atoms with Gasteiger partial charge in [-0.1, -0.05) is 41.4 Å². The van der Waals surface area contributed by atoms with Crippen molar-refractivity contribution in [3.8, 4) is 11.5 Å². The number of thioether (sulfide) groups is 1. The van der Waals surface area contributed by atoms with Crippen molar-refractivity contribution < 1.29 is 14.3 Å². The van der Waals surface area contributed by atoms with Gasteiger partial charge < -0.3 is 14.8 Å². The fourth-order valence-electron chi connectivity index (χ4n) is 2.33. The number of benzene rings is 2. The van der Waals surface area contributed by atoms with E-state index < -0.39 is 0 Å². The first-order valence-corrected chi connectivity index (χ1v) is 9.08. The van der Waals surface area contributed by atoms with Gasteiger partial charge >= 0.3 is 0 Å². The molecule has 0 bridgehead atoms. The second-order valence-electron chi connectivity index (χ2n) is 5.30. The van der Waals surface area contributed by atoms with Gasteiger partial charge in [-0.05, 0) is 36.0 Å². The molecular formula is C18H14Cl2N2O3S. The van der Waals surface area contributed by atoms with Crippen molar-refractivity contribution in [3.05, 3.63) is 62.5 Å². The number of hydrogen-bond donors (Lipinski definition) is 2. The first-order chi connectivity index (χ1) is 12.5. The van der Waals surface area contributed by atoms with Crippen LogP contribution in [-0.4, -0.2) is 18.2 Å². The molecular weight excluding hydrogens is 395 g/mol. The number of ether oxygens (including phenoxy) is 2. The predicted octanol–water partition coefficient (Wildman–Crippen LogP) is 4.72. The number of para-hydroxylation sites is 1. The Bertz CT molecular complexity index is 915. The van der Waals surface area contributed by atoms with E-state index in [-0.39, 0.29) is 17.7 Å². The number of hydrogen-bond acceptors (Lipinski definition) is 5. The molecule has 0 aromatic heterocycles. The fourth-order valence-corrected chi connectivity index (χ4v) is 3.49. The van der Waals surface area contributed by atoms with Crippen molar-refractivity contribution in [3.63, 3.8) is 0 Å². The highest BCUT2D eigenvalue weighted by molar-refractivity contribution is 8.18. The summed E-state index contributed by atoms with van der Waals surface area (Å²) in [4.78, 5) is 12.3. The SMILES string of the molecule is COc1cccc(C=C2SC(=N)NC2=O)c1OCc1ccc(Cl)cc1Cl. The molecule has 1 aliphatic heterocycles. The molecule has 134 valence electrons. The van der Waals surface area contributed by atoms with Crippen LogP contribution in [0.15, 0.2) is 41.3 Å². The molecule has 0 spiro atoms. The highest BCUT2D eigenvalue weighted by atomic mass is 35.5. The number of rotatable bonds is 5. The molecule has 2 aromatic carbocycles. The number of amidine groups is 1. The molecule has 0 atom stereocenters. The molecule has 1 heterocycles. The van der Waals surface area contributed by atoms with Gasteiger partial charge in [0.25, 0.3) is 5.91 Å². The van der Waals surface area contributed by atoms with Crippen molar-refractivity contribution in [2.24, 2.45) is 0 Å². The van der Waals surface area contributed by atoms with Crippen LogP contribution in [0.3, 0.4) is 0 Å². The van der Waals surface area contributed by atoms with E-state index in [1.54, 1.807) is 43.5 Å². The minimum absolute atomic E-state index is 0.0968. The summed E-state index contributed by atoms with van der Waals surface area (Å²) in [6.07, 6.45) is 1.67. The Hall–Kier alpha value is -2.15. The third kappa shape index (κ3) is 4.15. The van der Waals surface area contributed by atoms with Crippen LogP contribution in [0.4, 0.5) is 0 Å². The van der Waals surface area contributed by atoms with Gasteiger partial charge in [-0.3, -0.25) is 10.2 Å². The summed E-state index contributed by atoms with van der Waals surface area (Å²) in [6, 6.07) is 10.6. The van der Waals surface area contributed by atoms with Crippen LogP contribution in [-0.2, 0) is 11.4 Å². The average molecular weight is 409 g/mol. The van der Waals surface area contributed by atoms with Crippen molar-refractivity contribution in [2.75, 3.05) is 7.11 Å². The molecule has 1 saturated heterocycles. The molecule has 5 nitrogen and oxygen atoms in total. The largest absolute Gasteiger partial charge is 0.493 e. The first kappa shape index (κ1) is 18.6. The Kier molecular flexibility index (Phi) is 5.76. The Morgan fingerprint density at radius 1 is 1.27 bits per heavy atom. The van der Waals surface area contributed by atoms with Gasteiger partial charge in [0.05, 0.1) is 12.0 Å². The summed E-state index contributed by atoms with van der Waals surface area (Å²) in [5.41, 5.74) is 1.44. The zero-order valence-corrected chi connectivity index (χ0v) is 16.0. The molecule has 1 amide bonds. The second kappa shape index (κ2) is 8.03. The lowest BCUT2D eigenvalue weighted by atomic mass is 10.1. The molecule has 0 saturated carbocycles. The Morgan fingerprint density at radius 2 is 2.08 bits per heavy atom. The summed E-state index contributed by atoms with van der Waals surface area (Å²) < 4.78 is 11.3. The maximum Gasteiger partial charge on any atom is 0.264 e. The molecule has 3 rings (SSSR count). The monoisotopic (exact) mass is 408 g/mol. The number of nitrogens with one attached hydrogen (secondary N) is 2. The van der Waals surface area contributed by atoms with Crippen LogP contribution in [0.25, 0.3) is 6.08 Å². The summed E-state index contributed by atoms with van der Waals surface area (Å²) >= 11 is 13.2. The maximum atomic E-state index is 11.9. The number of methoxy groups -OCH3 is 1. The standard InChI is InChI=1S/C18H14Cl2N2O3S/c1-24-14-4-2-3-10(7-15-17(23)22-18(21)26-15)16(14)25-9-11-5-6-12(19)8-13(11)20/h2-8H,9H2,1H3,(H2,21,22,23). The van der Waals surface area contributed by atoms with Gasteiger partial charge in [0.1, 0.15) is 6.61 Å². The maximum absolute atomic E-state index is 11.9. The topological polar surface area (TPSA) is 71.4 Å². The molecule has 1 fully saturated rings. The summed E-state index contributed by atoms with van der Waals surface area (Å²) in [5, 5.41) is 11.1. The molecule has 0 radical (unpaired) electrons. The van der Waals surface area contributed by atoms with Crippen molar-refractivity contribution >= 4 is 52.1 Å². The van der Waals surface area contributed by atoms with Crippen LogP contribution >= 0.6 is 35.0 Å². The molecule has 0 aliphatic carbocycles. The highest BCUT2D eigenvalue weighted by Gasteiger charge is 2.23. The Morgan fingerprint density at radius 3 is 2.73 bits per heavy atom. The summed E-state index contributed by atoms with van der Waals surface area (Å²) in [5.74, 6) is 0.706. The van der Waals surface area contributed by atoms with Gasteiger partial charge in [0, 0.05) is 21.2 Å². The van der Waals surface area contributed by atoms with Crippen LogP contribution < -0.4 is 14.8 Å². The van der Waals surface area contributed by atoms with Gasteiger partial charge in [0.15, 0.2) is 16.7 Å². The van der Waals surface area contributed by atoms with Gasteiger partial charge in [-0.15, -0.1) is 0 Å². The van der Waals surface area contributed by atoms with E-state index in [4.69, 9.17) is 38.1 Å². The number of carbonyl (C=O) groups is 1. The second-order valence-corrected chi connectivity index (χ2v) is 7.19. The van der Waals surface area contributed by atoms with E-state index in [1.165, 1.54) is 0 Å². The number of carbonyl (C=O) groups excluding carboxylic acids is 1. The lowest BCUT2D eigenvalue weighted by Gasteiger charge is -2.14. The molecule has 1 aliphatic rings. The van der Waals surface area contributed by atoms with E-state index in [1.807, 2.05) is 6.07 Å². The highest BCUT2D eigenvalue weighted by Crippen LogP contribution is 2.36. The lowest BCUT2D eigenvalue weighted by molar-refractivity contribution is -0.115. The van der Waals surface area contributed by atoms with E-state index >= 15 is 0 Å². The molecule has 26 heavy (non-hydrogen) atoms. The predicted molar refractivity (Wildman–Crippen MR) is 105 cm³/mol. The van der Waals surface area contributed by atoms with Crippen LogP contribution in [0.5, 0.6) is 11.5 Å². The molecule has 2 N–H and O–H groups in total. The first-order valence-electron chi connectivity index (χ1n) is 7.51. The van der Waals surface area contributed by atoms with E-state index in [0.717, 1.165) is 17.3 Å². The molecule has 8 heteroatoms. The van der Waals surface area contributed by atoms with E-state index in [9.17, 15) is 4.79 Å². The third-order valence-corrected chi connectivity index (χ3v) is 4.98. The number of amides is 1. The summed E-state index contributed by atoms with van der Waals surface area (Å²) in [7, 11) is 1.54. The van der Waals surface area contributed by atoms with Crippen LogP contribution in [0.2, 0.25) is 10.0 Å². The van der Waals surface area contributed by atoms with Crippen molar-refractivity contribution in [1.82, 2.24) is 5.32 Å². The average Bonchev–Trinajstić information content (AvgIpc) is 2.92. The normalized spacial score (nSPS) is 15.3. The smallest absolute Gasteiger partial charge is 0.264 e. The van der Waals surface area contributed by atoms with Gasteiger partial charge in [0.2, 0.25) is 0 Å². The summed E-state index contributed by atoms with van der Waals surface area (Å²) in [6.45, 7) is 0.210. The van der Waals surface area contributed by atoms with E-state index in [2.05, 4.69) is 5.32 Å². The van der Waals surface area contributed by atoms with Crippen LogP contribution in [0, 0.1) is 5.41 Å². The molecule has 2 aromatic rings. The Balaban J connectivity index is 1.91.